The Morgan fingerprint density at radius 3 is 2.67 bits per heavy atom. The fourth-order valence-corrected chi connectivity index (χ4v) is 1.77. The number of aryl methyl sites for hydroxylation is 1. The zero-order chi connectivity index (χ0) is 10.8. The predicted octanol–water partition coefficient (Wildman–Crippen LogP) is 1.09. The summed E-state index contributed by atoms with van der Waals surface area (Å²) in [4.78, 5) is 11.9. The van der Waals surface area contributed by atoms with Crippen molar-refractivity contribution in [2.75, 3.05) is 11.5 Å². The highest BCUT2D eigenvalue weighted by atomic mass is 32.2. The molecular formula is C8H9N5OS. The standard InChI is InChI=1S/C8H9N5OS/c1-4-3-14-8(11-4)15-6-2-5(9)12-7(10)13-6/h2-3H,1H3,(H4,9,10,12,13). The van der Waals surface area contributed by atoms with Gasteiger partial charge < -0.3 is 15.9 Å². The average molecular weight is 223 g/mol. The molecule has 2 rings (SSSR count). The van der Waals surface area contributed by atoms with Crippen LogP contribution in [0.4, 0.5) is 11.8 Å². The Kier molecular flexibility index (Phi) is 2.46. The first kappa shape index (κ1) is 9.78. The van der Waals surface area contributed by atoms with E-state index in [0.717, 1.165) is 5.69 Å². The monoisotopic (exact) mass is 223 g/mol. The number of rotatable bonds is 2. The van der Waals surface area contributed by atoms with Gasteiger partial charge in [0.25, 0.3) is 5.22 Å². The van der Waals surface area contributed by atoms with Gasteiger partial charge in [-0.1, -0.05) is 0 Å². The molecule has 0 aromatic carbocycles. The molecule has 15 heavy (non-hydrogen) atoms. The summed E-state index contributed by atoms with van der Waals surface area (Å²) in [5, 5.41) is 1.12. The molecule has 0 saturated heterocycles. The average Bonchev–Trinajstić information content (AvgIpc) is 2.49. The number of nitrogen functional groups attached to an aromatic ring is 2. The lowest BCUT2D eigenvalue weighted by molar-refractivity contribution is 0.454. The second-order valence-electron chi connectivity index (χ2n) is 2.85. The van der Waals surface area contributed by atoms with Crippen molar-refractivity contribution in [3.05, 3.63) is 18.0 Å². The number of aromatic nitrogens is 3. The summed E-state index contributed by atoms with van der Waals surface area (Å²) in [6, 6.07) is 1.61. The number of nitrogens with two attached hydrogens (primary N) is 2. The third-order valence-electron chi connectivity index (χ3n) is 1.53. The molecule has 7 heteroatoms. The van der Waals surface area contributed by atoms with Crippen LogP contribution >= 0.6 is 11.8 Å². The third-order valence-corrected chi connectivity index (χ3v) is 2.31. The summed E-state index contributed by atoms with van der Waals surface area (Å²) in [6.45, 7) is 1.84. The quantitative estimate of drug-likeness (QED) is 0.734. The molecule has 0 unspecified atom stereocenters. The molecule has 2 aromatic rings. The largest absolute Gasteiger partial charge is 0.439 e. The molecule has 0 aliphatic carbocycles. The van der Waals surface area contributed by atoms with E-state index < -0.39 is 0 Å². The van der Waals surface area contributed by atoms with Gasteiger partial charge >= 0.3 is 0 Å². The normalized spacial score (nSPS) is 10.5. The van der Waals surface area contributed by atoms with Crippen LogP contribution in [0.3, 0.4) is 0 Å². The molecule has 2 aromatic heterocycles. The molecule has 2 heterocycles. The summed E-state index contributed by atoms with van der Waals surface area (Å²) in [7, 11) is 0. The van der Waals surface area contributed by atoms with Gasteiger partial charge in [0.2, 0.25) is 5.95 Å². The van der Waals surface area contributed by atoms with Gasteiger partial charge in [-0.2, -0.15) is 4.98 Å². The lowest BCUT2D eigenvalue weighted by Gasteiger charge is -1.99. The van der Waals surface area contributed by atoms with Gasteiger partial charge in [0.15, 0.2) is 0 Å². The van der Waals surface area contributed by atoms with Crippen LogP contribution in [0.15, 0.2) is 27.0 Å². The first-order valence-corrected chi connectivity index (χ1v) is 4.95. The van der Waals surface area contributed by atoms with Crippen molar-refractivity contribution in [1.29, 1.82) is 0 Å². The third kappa shape index (κ3) is 2.38. The van der Waals surface area contributed by atoms with E-state index >= 15 is 0 Å². The maximum atomic E-state index is 5.52. The van der Waals surface area contributed by atoms with Crippen LogP contribution < -0.4 is 11.5 Å². The minimum absolute atomic E-state index is 0.140. The van der Waals surface area contributed by atoms with Crippen molar-refractivity contribution in [3.8, 4) is 0 Å². The molecule has 4 N–H and O–H groups in total. The second-order valence-corrected chi connectivity index (χ2v) is 3.82. The zero-order valence-corrected chi connectivity index (χ0v) is 8.78. The Morgan fingerprint density at radius 2 is 2.07 bits per heavy atom. The van der Waals surface area contributed by atoms with Crippen molar-refractivity contribution < 1.29 is 4.42 Å². The predicted molar refractivity (Wildman–Crippen MR) is 56.2 cm³/mol. The molecule has 78 valence electrons. The van der Waals surface area contributed by atoms with Gasteiger partial charge in [0.05, 0.1) is 5.69 Å². The number of oxazole rings is 1. The smallest absolute Gasteiger partial charge is 0.262 e. The molecule has 0 radical (unpaired) electrons. The van der Waals surface area contributed by atoms with E-state index in [2.05, 4.69) is 15.0 Å². The fourth-order valence-electron chi connectivity index (χ4n) is 0.982. The molecular weight excluding hydrogens is 214 g/mol. The minimum atomic E-state index is 0.140. The zero-order valence-electron chi connectivity index (χ0n) is 7.97. The van der Waals surface area contributed by atoms with Gasteiger partial charge in [-0.05, 0) is 18.7 Å². The minimum Gasteiger partial charge on any atom is -0.439 e. The van der Waals surface area contributed by atoms with Crippen LogP contribution in [0.5, 0.6) is 0 Å². The van der Waals surface area contributed by atoms with E-state index in [1.54, 1.807) is 12.3 Å². The summed E-state index contributed by atoms with van der Waals surface area (Å²) >= 11 is 1.25. The van der Waals surface area contributed by atoms with Crippen LogP contribution in [0.25, 0.3) is 0 Å². The van der Waals surface area contributed by atoms with E-state index in [4.69, 9.17) is 15.9 Å². The van der Waals surface area contributed by atoms with Gasteiger partial charge in [0, 0.05) is 6.07 Å². The highest BCUT2D eigenvalue weighted by molar-refractivity contribution is 7.99. The van der Waals surface area contributed by atoms with Crippen molar-refractivity contribution in [2.45, 2.75) is 17.2 Å². The lowest BCUT2D eigenvalue weighted by atomic mass is 10.6. The van der Waals surface area contributed by atoms with Crippen molar-refractivity contribution in [1.82, 2.24) is 15.0 Å². The lowest BCUT2D eigenvalue weighted by Crippen LogP contribution is -1.99. The van der Waals surface area contributed by atoms with E-state index in [9.17, 15) is 0 Å². The Labute approximate surface area is 90.1 Å². The maximum Gasteiger partial charge on any atom is 0.262 e. The topological polar surface area (TPSA) is 104 Å². The van der Waals surface area contributed by atoms with Gasteiger partial charge in [-0.25, -0.2) is 9.97 Å². The van der Waals surface area contributed by atoms with Crippen molar-refractivity contribution >= 4 is 23.5 Å². The van der Waals surface area contributed by atoms with E-state index in [1.807, 2.05) is 6.92 Å². The Hall–Kier alpha value is -1.76. The summed E-state index contributed by atoms with van der Waals surface area (Å²) in [6.07, 6.45) is 1.57. The summed E-state index contributed by atoms with van der Waals surface area (Å²) < 4.78 is 5.16. The van der Waals surface area contributed by atoms with E-state index in [0.29, 0.717) is 16.1 Å². The molecule has 0 spiro atoms. The first-order chi connectivity index (χ1) is 7.13. The summed E-state index contributed by atoms with van der Waals surface area (Å²) in [5.41, 5.74) is 11.8. The van der Waals surface area contributed by atoms with E-state index in [-0.39, 0.29) is 5.95 Å². The second kappa shape index (κ2) is 3.77. The van der Waals surface area contributed by atoms with Crippen LogP contribution in [-0.2, 0) is 0 Å². The molecule has 0 aliphatic rings. The van der Waals surface area contributed by atoms with Crippen LogP contribution in [0.2, 0.25) is 0 Å². The van der Waals surface area contributed by atoms with Crippen molar-refractivity contribution in [2.24, 2.45) is 0 Å². The molecule has 0 amide bonds. The van der Waals surface area contributed by atoms with Gasteiger partial charge in [-0.15, -0.1) is 0 Å². The molecule has 6 nitrogen and oxygen atoms in total. The molecule has 0 bridgehead atoms. The highest BCUT2D eigenvalue weighted by Crippen LogP contribution is 2.26. The van der Waals surface area contributed by atoms with E-state index in [1.165, 1.54) is 11.8 Å². The Bertz CT molecular complexity index is 463. The molecule has 0 aliphatic heterocycles. The Morgan fingerprint density at radius 1 is 1.27 bits per heavy atom. The van der Waals surface area contributed by atoms with Crippen LogP contribution in [0, 0.1) is 6.92 Å². The number of anilines is 2. The Balaban J connectivity index is 2.24. The fraction of sp³-hybridized carbons (Fsp3) is 0.125. The number of hydrogen-bond acceptors (Lipinski definition) is 7. The maximum absolute atomic E-state index is 5.52. The molecule has 0 saturated carbocycles. The van der Waals surface area contributed by atoms with Crippen LogP contribution in [0.1, 0.15) is 5.69 Å². The SMILES string of the molecule is Cc1coc(Sc2cc(N)nc(N)n2)n1. The molecule has 0 atom stereocenters. The highest BCUT2D eigenvalue weighted by Gasteiger charge is 2.06. The number of hydrogen-bond donors (Lipinski definition) is 2. The molecule has 0 fully saturated rings. The van der Waals surface area contributed by atoms with Gasteiger partial charge in [0.1, 0.15) is 17.1 Å². The van der Waals surface area contributed by atoms with Gasteiger partial charge in [-0.3, -0.25) is 0 Å². The van der Waals surface area contributed by atoms with Crippen molar-refractivity contribution in [3.63, 3.8) is 0 Å². The number of nitrogens with zero attached hydrogens (tertiary/aromatic N) is 3. The summed E-state index contributed by atoms with van der Waals surface area (Å²) in [5.74, 6) is 0.467. The van der Waals surface area contributed by atoms with Crippen LogP contribution in [-0.4, -0.2) is 15.0 Å². The first-order valence-electron chi connectivity index (χ1n) is 4.13.